The molecule has 0 aliphatic rings. The van der Waals surface area contributed by atoms with E-state index in [1.54, 1.807) is 7.11 Å². The molecule has 0 unspecified atom stereocenters. The second-order valence-electron chi connectivity index (χ2n) is 5.51. The molecule has 2 aromatic rings. The van der Waals surface area contributed by atoms with E-state index in [0.717, 1.165) is 5.56 Å². The van der Waals surface area contributed by atoms with Crippen molar-refractivity contribution in [2.24, 2.45) is 0 Å². The molecule has 0 fully saturated rings. The zero-order valence-electron chi connectivity index (χ0n) is 13.6. The third-order valence-electron chi connectivity index (χ3n) is 3.42. The van der Waals surface area contributed by atoms with Crippen LogP contribution in [0.4, 0.5) is 5.69 Å². The molecule has 0 spiro atoms. The van der Waals surface area contributed by atoms with Crippen LogP contribution in [0.2, 0.25) is 0 Å². The Labute approximate surface area is 135 Å². The van der Waals surface area contributed by atoms with Gasteiger partial charge < -0.3 is 10.1 Å². The number of methoxy groups -OCH3 is 1. The summed E-state index contributed by atoms with van der Waals surface area (Å²) in [5.74, 6) is 0.0259. The second kappa shape index (κ2) is 7.69. The maximum absolute atomic E-state index is 12.3. The fraction of sp³-hybridized carbons (Fsp3) is 0.353. The Morgan fingerprint density at radius 3 is 2.78 bits per heavy atom. The molecule has 23 heavy (non-hydrogen) atoms. The summed E-state index contributed by atoms with van der Waals surface area (Å²) in [4.78, 5) is 24.0. The van der Waals surface area contributed by atoms with Crippen molar-refractivity contribution < 1.29 is 9.53 Å². The van der Waals surface area contributed by atoms with Gasteiger partial charge in [-0.3, -0.25) is 9.59 Å². The number of carbonyl (C=O) groups is 1. The predicted molar refractivity (Wildman–Crippen MR) is 88.9 cm³/mol. The first-order chi connectivity index (χ1) is 11.0. The van der Waals surface area contributed by atoms with E-state index in [9.17, 15) is 9.59 Å². The molecular weight excluding hydrogens is 294 g/mol. The number of rotatable bonds is 6. The Bertz CT molecular complexity index is 738. The van der Waals surface area contributed by atoms with Gasteiger partial charge in [-0.2, -0.15) is 5.10 Å². The van der Waals surface area contributed by atoms with Crippen LogP contribution in [-0.2, 0) is 11.3 Å². The number of benzene rings is 1. The summed E-state index contributed by atoms with van der Waals surface area (Å²) < 4.78 is 6.16. The van der Waals surface area contributed by atoms with E-state index in [0.29, 0.717) is 24.8 Å². The number of carbonyl (C=O) groups excluding carboxylic acids is 1. The van der Waals surface area contributed by atoms with Gasteiger partial charge in [-0.25, -0.2) is 4.68 Å². The van der Waals surface area contributed by atoms with Gasteiger partial charge in [-0.05, 0) is 29.7 Å². The second-order valence-corrected chi connectivity index (χ2v) is 5.51. The molecule has 1 N–H and O–H groups in total. The number of hydrogen-bond donors (Lipinski definition) is 1. The maximum atomic E-state index is 12.3. The minimum atomic E-state index is -0.350. The molecule has 0 saturated heterocycles. The Morgan fingerprint density at radius 2 is 2.09 bits per heavy atom. The van der Waals surface area contributed by atoms with Crippen LogP contribution < -0.4 is 10.9 Å². The summed E-state index contributed by atoms with van der Waals surface area (Å²) in [6.07, 6.45) is 0. The van der Waals surface area contributed by atoms with E-state index >= 15 is 0 Å². The minimum Gasteiger partial charge on any atom is -0.383 e. The molecule has 6 nitrogen and oxygen atoms in total. The van der Waals surface area contributed by atoms with Crippen molar-refractivity contribution >= 4 is 11.6 Å². The first-order valence-electron chi connectivity index (χ1n) is 7.49. The molecule has 0 aliphatic heterocycles. The lowest BCUT2D eigenvalue weighted by Crippen LogP contribution is -2.27. The molecule has 0 bridgehead atoms. The lowest BCUT2D eigenvalue weighted by molar-refractivity contribution is 0.101. The van der Waals surface area contributed by atoms with Gasteiger partial charge in [0.2, 0.25) is 0 Å². The molecule has 122 valence electrons. The molecule has 1 heterocycles. The highest BCUT2D eigenvalue weighted by atomic mass is 16.5. The van der Waals surface area contributed by atoms with Gasteiger partial charge in [0.25, 0.3) is 11.5 Å². The first kappa shape index (κ1) is 16.9. The number of nitrogens with zero attached hydrogens (tertiary/aromatic N) is 2. The van der Waals surface area contributed by atoms with Gasteiger partial charge in [-0.15, -0.1) is 0 Å². The average molecular weight is 315 g/mol. The molecule has 0 saturated carbocycles. The summed E-state index contributed by atoms with van der Waals surface area (Å²) in [7, 11) is 1.54. The van der Waals surface area contributed by atoms with E-state index in [1.807, 2.05) is 24.3 Å². The van der Waals surface area contributed by atoms with Gasteiger partial charge in [-0.1, -0.05) is 26.0 Å². The van der Waals surface area contributed by atoms with Gasteiger partial charge in [0.15, 0.2) is 0 Å². The lowest BCUT2D eigenvalue weighted by Gasteiger charge is -2.10. The van der Waals surface area contributed by atoms with Crippen molar-refractivity contribution in [3.63, 3.8) is 0 Å². The number of anilines is 1. The van der Waals surface area contributed by atoms with Crippen LogP contribution >= 0.6 is 0 Å². The standard InChI is InChI=1S/C17H21N3O3/c1-12(2)13-5-4-6-14(11-13)18-17(22)15-7-8-16(21)20(19-15)9-10-23-3/h4-8,11-12H,9-10H2,1-3H3,(H,18,22). The largest absolute Gasteiger partial charge is 0.383 e. The number of hydrogen-bond acceptors (Lipinski definition) is 4. The van der Waals surface area contributed by atoms with Gasteiger partial charge >= 0.3 is 0 Å². The molecule has 1 aromatic heterocycles. The molecule has 6 heteroatoms. The van der Waals surface area contributed by atoms with Crippen molar-refractivity contribution in [1.82, 2.24) is 9.78 Å². The van der Waals surface area contributed by atoms with Crippen LogP contribution in [-0.4, -0.2) is 29.4 Å². The Hall–Kier alpha value is -2.47. The van der Waals surface area contributed by atoms with Crippen molar-refractivity contribution in [2.75, 3.05) is 19.0 Å². The highest BCUT2D eigenvalue weighted by Crippen LogP contribution is 2.18. The Balaban J connectivity index is 2.17. The fourth-order valence-corrected chi connectivity index (χ4v) is 2.08. The topological polar surface area (TPSA) is 73.2 Å². The number of nitrogens with one attached hydrogen (secondary N) is 1. The lowest BCUT2D eigenvalue weighted by atomic mass is 10.0. The maximum Gasteiger partial charge on any atom is 0.276 e. The molecule has 1 aromatic carbocycles. The van der Waals surface area contributed by atoms with Crippen molar-refractivity contribution in [3.05, 3.63) is 58.0 Å². The molecule has 0 aliphatic carbocycles. The van der Waals surface area contributed by atoms with Crippen molar-refractivity contribution in [1.29, 1.82) is 0 Å². The summed E-state index contributed by atoms with van der Waals surface area (Å²) >= 11 is 0. The SMILES string of the molecule is COCCn1nc(C(=O)Nc2cccc(C(C)C)c2)ccc1=O. The normalized spacial score (nSPS) is 10.8. The first-order valence-corrected chi connectivity index (χ1v) is 7.49. The predicted octanol–water partition coefficient (Wildman–Crippen LogP) is 2.27. The quantitative estimate of drug-likeness (QED) is 0.887. The minimum absolute atomic E-state index is 0.190. The molecule has 1 amide bonds. The third-order valence-corrected chi connectivity index (χ3v) is 3.42. The summed E-state index contributed by atoms with van der Waals surface area (Å²) in [5.41, 5.74) is 1.77. The van der Waals surface area contributed by atoms with Gasteiger partial charge in [0.1, 0.15) is 5.69 Å². The van der Waals surface area contributed by atoms with Crippen molar-refractivity contribution in [3.8, 4) is 0 Å². The van der Waals surface area contributed by atoms with Crippen LogP contribution in [0.1, 0.15) is 35.8 Å². The van der Waals surface area contributed by atoms with Crippen LogP contribution in [0.3, 0.4) is 0 Å². The third kappa shape index (κ3) is 4.50. The van der Waals surface area contributed by atoms with E-state index in [-0.39, 0.29) is 17.2 Å². The number of amides is 1. The molecule has 2 rings (SSSR count). The number of ether oxygens (including phenoxy) is 1. The summed E-state index contributed by atoms with van der Waals surface area (Å²) in [5, 5.41) is 6.88. The molecule has 0 radical (unpaired) electrons. The van der Waals surface area contributed by atoms with Crippen LogP contribution in [0.25, 0.3) is 0 Å². The van der Waals surface area contributed by atoms with Crippen LogP contribution in [0.15, 0.2) is 41.2 Å². The van der Waals surface area contributed by atoms with Crippen LogP contribution in [0, 0.1) is 0 Å². The van der Waals surface area contributed by atoms with Gasteiger partial charge in [0, 0.05) is 18.9 Å². The zero-order valence-corrected chi connectivity index (χ0v) is 13.6. The summed E-state index contributed by atoms with van der Waals surface area (Å²) in [6, 6.07) is 10.4. The van der Waals surface area contributed by atoms with E-state index in [1.165, 1.54) is 16.8 Å². The Kier molecular flexibility index (Phi) is 5.65. The average Bonchev–Trinajstić information content (AvgIpc) is 2.54. The number of aromatic nitrogens is 2. The summed E-state index contributed by atoms with van der Waals surface area (Å²) in [6.45, 7) is 4.84. The Morgan fingerprint density at radius 1 is 1.30 bits per heavy atom. The highest BCUT2D eigenvalue weighted by molar-refractivity contribution is 6.02. The van der Waals surface area contributed by atoms with Crippen LogP contribution in [0.5, 0.6) is 0 Å². The van der Waals surface area contributed by atoms with E-state index in [4.69, 9.17) is 4.74 Å². The fourth-order valence-electron chi connectivity index (χ4n) is 2.08. The van der Waals surface area contributed by atoms with Crippen molar-refractivity contribution in [2.45, 2.75) is 26.3 Å². The van der Waals surface area contributed by atoms with Gasteiger partial charge in [0.05, 0.1) is 13.2 Å². The van der Waals surface area contributed by atoms with E-state index in [2.05, 4.69) is 24.3 Å². The van der Waals surface area contributed by atoms with E-state index < -0.39 is 0 Å². The molecular formula is C17H21N3O3. The highest BCUT2D eigenvalue weighted by Gasteiger charge is 2.11. The monoisotopic (exact) mass is 315 g/mol. The molecule has 0 atom stereocenters. The smallest absolute Gasteiger partial charge is 0.276 e. The zero-order chi connectivity index (χ0) is 16.8.